The van der Waals surface area contributed by atoms with E-state index >= 15 is 0 Å². The quantitative estimate of drug-likeness (QED) is 0.685. The monoisotopic (exact) mass is 278 g/mol. The first-order valence-corrected chi connectivity index (χ1v) is 6.52. The largest absolute Gasteiger partial charge is 0.480 e. The number of carbonyl (C=O) groups excluding carboxylic acids is 1. The molecule has 0 unspecified atom stereocenters. The summed E-state index contributed by atoms with van der Waals surface area (Å²) in [6.07, 6.45) is -0.0224. The van der Waals surface area contributed by atoms with Crippen molar-refractivity contribution in [3.05, 3.63) is 29.8 Å². The third-order valence-corrected chi connectivity index (χ3v) is 3.55. The number of aryl methyl sites for hydroxylation is 1. The summed E-state index contributed by atoms with van der Waals surface area (Å²) in [6.45, 7) is 0.0834. The van der Waals surface area contributed by atoms with E-state index in [1.807, 2.05) is 18.2 Å². The number of amides is 1. The van der Waals surface area contributed by atoms with Crippen molar-refractivity contribution in [2.75, 3.05) is 12.3 Å². The lowest BCUT2D eigenvalue weighted by atomic mass is 10.1. The van der Waals surface area contributed by atoms with Gasteiger partial charge in [0, 0.05) is 25.1 Å². The maximum Gasteiger partial charge on any atom is 0.326 e. The molecular formula is C14H18N2O4. The van der Waals surface area contributed by atoms with E-state index in [4.69, 9.17) is 10.8 Å². The molecule has 1 saturated heterocycles. The molecule has 6 nitrogen and oxygen atoms in total. The topological polar surface area (TPSA) is 104 Å². The van der Waals surface area contributed by atoms with E-state index in [0.29, 0.717) is 12.1 Å². The van der Waals surface area contributed by atoms with E-state index < -0.39 is 18.1 Å². The summed E-state index contributed by atoms with van der Waals surface area (Å²) >= 11 is 0. The van der Waals surface area contributed by atoms with Gasteiger partial charge in [-0.3, -0.25) is 4.79 Å². The van der Waals surface area contributed by atoms with Crippen LogP contribution in [0.15, 0.2) is 24.3 Å². The highest BCUT2D eigenvalue weighted by Gasteiger charge is 2.38. The lowest BCUT2D eigenvalue weighted by Crippen LogP contribution is -2.40. The fourth-order valence-corrected chi connectivity index (χ4v) is 2.47. The SMILES string of the molecule is Nc1ccccc1CCC(=O)N1C[C@H](O)C[C@H]1C(=O)O. The summed E-state index contributed by atoms with van der Waals surface area (Å²) in [4.78, 5) is 24.4. The molecule has 0 aliphatic carbocycles. The van der Waals surface area contributed by atoms with E-state index in [1.54, 1.807) is 6.07 Å². The minimum absolute atomic E-state index is 0.0834. The summed E-state index contributed by atoms with van der Waals surface area (Å²) in [5.74, 6) is -1.34. The number of aliphatic carboxylic acids is 1. The van der Waals surface area contributed by atoms with Crippen LogP contribution in [-0.4, -0.2) is 45.7 Å². The molecule has 1 aliphatic rings. The Morgan fingerprint density at radius 1 is 1.35 bits per heavy atom. The van der Waals surface area contributed by atoms with Gasteiger partial charge in [0.15, 0.2) is 0 Å². The number of aliphatic hydroxyl groups excluding tert-OH is 1. The van der Waals surface area contributed by atoms with Gasteiger partial charge >= 0.3 is 5.97 Å². The third kappa shape index (κ3) is 3.08. The summed E-state index contributed by atoms with van der Waals surface area (Å²) in [6, 6.07) is 6.34. The van der Waals surface area contributed by atoms with Gasteiger partial charge in [0.25, 0.3) is 0 Å². The van der Waals surface area contributed by atoms with Gasteiger partial charge < -0.3 is 20.8 Å². The smallest absolute Gasteiger partial charge is 0.326 e. The summed E-state index contributed by atoms with van der Waals surface area (Å²) in [7, 11) is 0. The van der Waals surface area contributed by atoms with Crippen molar-refractivity contribution in [3.8, 4) is 0 Å². The fraction of sp³-hybridized carbons (Fsp3) is 0.429. The average molecular weight is 278 g/mol. The maximum atomic E-state index is 12.1. The van der Waals surface area contributed by atoms with E-state index in [1.165, 1.54) is 4.90 Å². The van der Waals surface area contributed by atoms with Gasteiger partial charge in [-0.15, -0.1) is 0 Å². The molecule has 0 spiro atoms. The Morgan fingerprint density at radius 3 is 2.70 bits per heavy atom. The number of carboxylic acids is 1. The number of benzene rings is 1. The molecule has 0 bridgehead atoms. The number of carbonyl (C=O) groups is 2. The van der Waals surface area contributed by atoms with Crippen LogP contribution < -0.4 is 5.73 Å². The van der Waals surface area contributed by atoms with E-state index in [-0.39, 0.29) is 25.3 Å². The van der Waals surface area contributed by atoms with Crippen LogP contribution in [-0.2, 0) is 16.0 Å². The van der Waals surface area contributed by atoms with Crippen LogP contribution in [0.3, 0.4) is 0 Å². The number of nitrogens with zero attached hydrogens (tertiary/aromatic N) is 1. The number of nitrogen functional groups attached to an aromatic ring is 1. The number of hydrogen-bond acceptors (Lipinski definition) is 4. The number of anilines is 1. The van der Waals surface area contributed by atoms with Crippen LogP contribution in [0.2, 0.25) is 0 Å². The lowest BCUT2D eigenvalue weighted by molar-refractivity contribution is -0.148. The van der Waals surface area contributed by atoms with Gasteiger partial charge in [-0.05, 0) is 18.1 Å². The Kier molecular flexibility index (Phi) is 4.24. The second-order valence-electron chi connectivity index (χ2n) is 4.99. The van der Waals surface area contributed by atoms with Crippen LogP contribution in [0.5, 0.6) is 0 Å². The number of rotatable bonds is 4. The predicted octanol–water partition coefficient (Wildman–Crippen LogP) is 0.248. The van der Waals surface area contributed by atoms with Crippen molar-refractivity contribution in [1.82, 2.24) is 4.90 Å². The van der Waals surface area contributed by atoms with Crippen LogP contribution in [0.1, 0.15) is 18.4 Å². The molecule has 2 rings (SSSR count). The molecule has 6 heteroatoms. The highest BCUT2D eigenvalue weighted by Crippen LogP contribution is 2.20. The molecule has 1 heterocycles. The van der Waals surface area contributed by atoms with E-state index in [9.17, 15) is 14.7 Å². The van der Waals surface area contributed by atoms with Gasteiger partial charge in [-0.2, -0.15) is 0 Å². The number of β-amino-alcohol motifs (C(OH)–C–C–N with tert-alkyl or cyclic N) is 1. The molecule has 0 saturated carbocycles. The van der Waals surface area contributed by atoms with Crippen molar-refractivity contribution in [2.45, 2.75) is 31.4 Å². The number of para-hydroxylation sites is 1. The summed E-state index contributed by atoms with van der Waals surface area (Å²) < 4.78 is 0. The zero-order valence-electron chi connectivity index (χ0n) is 11.0. The molecule has 2 atom stereocenters. The Balaban J connectivity index is 1.98. The molecule has 1 fully saturated rings. The van der Waals surface area contributed by atoms with Crippen molar-refractivity contribution >= 4 is 17.6 Å². The van der Waals surface area contributed by atoms with Crippen molar-refractivity contribution in [2.24, 2.45) is 0 Å². The van der Waals surface area contributed by atoms with Crippen molar-refractivity contribution in [1.29, 1.82) is 0 Å². The zero-order chi connectivity index (χ0) is 14.7. The number of nitrogens with two attached hydrogens (primary N) is 1. The lowest BCUT2D eigenvalue weighted by Gasteiger charge is -2.21. The van der Waals surface area contributed by atoms with Gasteiger partial charge in [0.2, 0.25) is 5.91 Å². The molecule has 1 aliphatic heterocycles. The normalized spacial score (nSPS) is 21.9. The number of carboxylic acid groups (broad SMARTS) is 1. The zero-order valence-corrected chi connectivity index (χ0v) is 11.0. The first kappa shape index (κ1) is 14.3. The van der Waals surface area contributed by atoms with E-state index in [0.717, 1.165) is 5.56 Å². The standard InChI is InChI=1S/C14H18N2O4/c15-11-4-2-1-3-9(11)5-6-13(18)16-8-10(17)7-12(16)14(19)20/h1-4,10,12,17H,5-8,15H2,(H,19,20)/t10-,12+/m1/s1. The second-order valence-corrected chi connectivity index (χ2v) is 4.99. The van der Waals surface area contributed by atoms with Crippen LogP contribution >= 0.6 is 0 Å². The number of likely N-dealkylation sites (tertiary alicyclic amines) is 1. The molecule has 4 N–H and O–H groups in total. The second kappa shape index (κ2) is 5.92. The molecule has 0 aromatic heterocycles. The molecule has 1 amide bonds. The molecular weight excluding hydrogens is 260 g/mol. The van der Waals surface area contributed by atoms with Gasteiger partial charge in [-0.1, -0.05) is 18.2 Å². The first-order chi connectivity index (χ1) is 9.49. The molecule has 0 radical (unpaired) electrons. The van der Waals surface area contributed by atoms with Gasteiger partial charge in [0.05, 0.1) is 6.10 Å². The van der Waals surface area contributed by atoms with Crippen molar-refractivity contribution < 1.29 is 19.8 Å². The van der Waals surface area contributed by atoms with Crippen molar-refractivity contribution in [3.63, 3.8) is 0 Å². The average Bonchev–Trinajstić information content (AvgIpc) is 2.80. The Hall–Kier alpha value is -2.08. The number of hydrogen-bond donors (Lipinski definition) is 3. The fourth-order valence-electron chi connectivity index (χ4n) is 2.47. The molecule has 1 aromatic rings. The Bertz CT molecular complexity index is 518. The Morgan fingerprint density at radius 2 is 2.05 bits per heavy atom. The van der Waals surface area contributed by atoms with Crippen LogP contribution in [0.25, 0.3) is 0 Å². The predicted molar refractivity (Wildman–Crippen MR) is 72.9 cm³/mol. The molecule has 20 heavy (non-hydrogen) atoms. The third-order valence-electron chi connectivity index (χ3n) is 3.55. The number of aliphatic hydroxyl groups is 1. The summed E-state index contributed by atoms with van der Waals surface area (Å²) in [5.41, 5.74) is 7.29. The van der Waals surface area contributed by atoms with Gasteiger partial charge in [-0.25, -0.2) is 4.79 Å². The first-order valence-electron chi connectivity index (χ1n) is 6.52. The van der Waals surface area contributed by atoms with Crippen LogP contribution in [0, 0.1) is 0 Å². The maximum absolute atomic E-state index is 12.1. The molecule has 108 valence electrons. The molecule has 1 aromatic carbocycles. The Labute approximate surface area is 116 Å². The highest BCUT2D eigenvalue weighted by molar-refractivity contribution is 5.84. The highest BCUT2D eigenvalue weighted by atomic mass is 16.4. The minimum Gasteiger partial charge on any atom is -0.480 e. The van der Waals surface area contributed by atoms with E-state index in [2.05, 4.69) is 0 Å². The van der Waals surface area contributed by atoms with Gasteiger partial charge in [0.1, 0.15) is 6.04 Å². The van der Waals surface area contributed by atoms with Crippen LogP contribution in [0.4, 0.5) is 5.69 Å². The summed E-state index contributed by atoms with van der Waals surface area (Å²) in [5, 5.41) is 18.6. The minimum atomic E-state index is -1.07.